The summed E-state index contributed by atoms with van der Waals surface area (Å²) in [6.45, 7) is 2.95. The van der Waals surface area contributed by atoms with Crippen molar-refractivity contribution in [1.82, 2.24) is 30.5 Å². The van der Waals surface area contributed by atoms with Crippen LogP contribution in [0.25, 0.3) is 10.9 Å². The zero-order valence-corrected chi connectivity index (χ0v) is 12.9. The number of fused-ring (bicyclic) bond motifs is 1. The first-order chi connectivity index (χ1) is 11.6. The molecule has 0 bridgehead atoms. The third kappa shape index (κ3) is 2.33. The van der Waals surface area contributed by atoms with Crippen LogP contribution in [0.3, 0.4) is 0 Å². The summed E-state index contributed by atoms with van der Waals surface area (Å²) in [5.41, 5.74) is 1.47. The fraction of sp³-hybridized carbons (Fsp3) is 0.333. The van der Waals surface area contributed by atoms with E-state index in [0.717, 1.165) is 5.56 Å². The maximum atomic E-state index is 13.9. The first kappa shape index (κ1) is 14.8. The standard InChI is InChI=1S/C15H15FN6O2/c1-8-9-3-2-4-10(16)13(9)17-12(8)15(23)22-5-6-24-11(7-22)14-18-20-21-19-14/h2-4,11,17H,5-7H2,1H3,(H,18,19,20,21). The van der Waals surface area contributed by atoms with Gasteiger partial charge >= 0.3 is 0 Å². The largest absolute Gasteiger partial charge is 0.366 e. The smallest absolute Gasteiger partial charge is 0.270 e. The van der Waals surface area contributed by atoms with Crippen LogP contribution < -0.4 is 0 Å². The number of benzene rings is 1. The van der Waals surface area contributed by atoms with Crippen LogP contribution in [-0.2, 0) is 4.74 Å². The normalized spacial score (nSPS) is 18.2. The summed E-state index contributed by atoms with van der Waals surface area (Å²) < 4.78 is 19.5. The first-order valence-corrected chi connectivity index (χ1v) is 7.56. The number of rotatable bonds is 2. The van der Waals surface area contributed by atoms with E-state index in [9.17, 15) is 9.18 Å². The second-order valence-corrected chi connectivity index (χ2v) is 5.67. The number of tetrazole rings is 1. The SMILES string of the molecule is Cc1c(C(=O)N2CCOC(c3nn[nH]n3)C2)[nH]c2c(F)cccc12. The van der Waals surface area contributed by atoms with E-state index in [0.29, 0.717) is 42.1 Å². The highest BCUT2D eigenvalue weighted by Crippen LogP contribution is 2.26. The van der Waals surface area contributed by atoms with Crippen LogP contribution in [0.4, 0.5) is 4.39 Å². The number of amides is 1. The quantitative estimate of drug-likeness (QED) is 0.739. The molecule has 9 heteroatoms. The Hall–Kier alpha value is -2.81. The number of para-hydroxylation sites is 1. The molecule has 24 heavy (non-hydrogen) atoms. The van der Waals surface area contributed by atoms with Crippen molar-refractivity contribution in [3.8, 4) is 0 Å². The topological polar surface area (TPSA) is 99.8 Å². The number of carbonyl (C=O) groups is 1. The van der Waals surface area contributed by atoms with Gasteiger partial charge in [-0.1, -0.05) is 17.3 Å². The molecular weight excluding hydrogens is 315 g/mol. The molecule has 0 aliphatic carbocycles. The molecule has 1 atom stereocenters. The Balaban J connectivity index is 1.64. The van der Waals surface area contributed by atoms with Gasteiger partial charge in [0.05, 0.1) is 18.7 Å². The van der Waals surface area contributed by atoms with Crippen molar-refractivity contribution >= 4 is 16.8 Å². The summed E-state index contributed by atoms with van der Waals surface area (Å²) in [4.78, 5) is 17.4. The third-order valence-electron chi connectivity index (χ3n) is 4.26. The summed E-state index contributed by atoms with van der Waals surface area (Å²) in [6.07, 6.45) is -0.428. The number of carbonyl (C=O) groups excluding carboxylic acids is 1. The second-order valence-electron chi connectivity index (χ2n) is 5.67. The number of hydrogen-bond donors (Lipinski definition) is 2. The number of ether oxygens (including phenoxy) is 1. The fourth-order valence-electron chi connectivity index (χ4n) is 2.98. The molecule has 8 nitrogen and oxygen atoms in total. The molecule has 1 saturated heterocycles. The molecule has 1 fully saturated rings. The molecule has 124 valence electrons. The highest BCUT2D eigenvalue weighted by Gasteiger charge is 2.30. The predicted octanol–water partition coefficient (Wildman–Crippen LogP) is 1.34. The van der Waals surface area contributed by atoms with Crippen LogP contribution in [-0.4, -0.2) is 56.1 Å². The summed E-state index contributed by atoms with van der Waals surface area (Å²) in [7, 11) is 0. The molecule has 3 aromatic rings. The van der Waals surface area contributed by atoms with Gasteiger partial charge in [0.2, 0.25) is 5.82 Å². The lowest BCUT2D eigenvalue weighted by molar-refractivity contribution is -0.0269. The molecule has 1 aliphatic heterocycles. The van der Waals surface area contributed by atoms with Crippen molar-refractivity contribution in [2.45, 2.75) is 13.0 Å². The molecule has 2 aromatic heterocycles. The average molecular weight is 330 g/mol. The molecule has 1 aliphatic rings. The molecule has 1 aromatic carbocycles. The number of aromatic nitrogens is 5. The van der Waals surface area contributed by atoms with Crippen molar-refractivity contribution in [3.05, 3.63) is 41.1 Å². The van der Waals surface area contributed by atoms with E-state index in [1.54, 1.807) is 17.0 Å². The number of aromatic amines is 2. The molecule has 0 saturated carbocycles. The van der Waals surface area contributed by atoms with Crippen molar-refractivity contribution in [3.63, 3.8) is 0 Å². The molecule has 0 radical (unpaired) electrons. The van der Waals surface area contributed by atoms with Crippen molar-refractivity contribution < 1.29 is 13.9 Å². The Bertz CT molecular complexity index is 891. The van der Waals surface area contributed by atoms with E-state index >= 15 is 0 Å². The fourth-order valence-corrected chi connectivity index (χ4v) is 2.98. The van der Waals surface area contributed by atoms with E-state index in [2.05, 4.69) is 25.6 Å². The number of H-pyrrole nitrogens is 2. The van der Waals surface area contributed by atoms with Gasteiger partial charge in [0.1, 0.15) is 17.6 Å². The second kappa shape index (κ2) is 5.68. The monoisotopic (exact) mass is 330 g/mol. The van der Waals surface area contributed by atoms with E-state index < -0.39 is 6.10 Å². The lowest BCUT2D eigenvalue weighted by Crippen LogP contribution is -2.42. The van der Waals surface area contributed by atoms with Crippen LogP contribution in [0.2, 0.25) is 0 Å². The van der Waals surface area contributed by atoms with Gasteiger partial charge in [-0.2, -0.15) is 5.21 Å². The summed E-state index contributed by atoms with van der Waals surface area (Å²) >= 11 is 0. The van der Waals surface area contributed by atoms with E-state index in [4.69, 9.17) is 4.74 Å². The van der Waals surface area contributed by atoms with Gasteiger partial charge < -0.3 is 14.6 Å². The molecular formula is C15H15FN6O2. The lowest BCUT2D eigenvalue weighted by Gasteiger charge is -2.31. The number of halogens is 1. The highest BCUT2D eigenvalue weighted by atomic mass is 19.1. The van der Waals surface area contributed by atoms with Crippen LogP contribution in [0.15, 0.2) is 18.2 Å². The van der Waals surface area contributed by atoms with Crippen LogP contribution >= 0.6 is 0 Å². The minimum absolute atomic E-state index is 0.195. The third-order valence-corrected chi connectivity index (χ3v) is 4.26. The number of hydrogen-bond acceptors (Lipinski definition) is 5. The van der Waals surface area contributed by atoms with Gasteiger partial charge in [0.15, 0.2) is 0 Å². The predicted molar refractivity (Wildman–Crippen MR) is 81.8 cm³/mol. The van der Waals surface area contributed by atoms with Gasteiger partial charge in [-0.3, -0.25) is 4.79 Å². The van der Waals surface area contributed by atoms with Gasteiger partial charge in [0, 0.05) is 11.9 Å². The zero-order valence-electron chi connectivity index (χ0n) is 12.9. The number of nitrogens with one attached hydrogen (secondary N) is 2. The molecule has 4 rings (SSSR count). The Labute approximate surface area is 136 Å². The Morgan fingerprint density at radius 2 is 2.33 bits per heavy atom. The molecule has 0 spiro atoms. The first-order valence-electron chi connectivity index (χ1n) is 7.56. The lowest BCUT2D eigenvalue weighted by atomic mass is 10.1. The minimum atomic E-state index is -0.428. The molecule has 3 heterocycles. The maximum Gasteiger partial charge on any atom is 0.270 e. The molecule has 2 N–H and O–H groups in total. The minimum Gasteiger partial charge on any atom is -0.366 e. The van der Waals surface area contributed by atoms with E-state index in [1.807, 2.05) is 6.92 Å². The number of aryl methyl sites for hydroxylation is 1. The van der Waals surface area contributed by atoms with E-state index in [-0.39, 0.29) is 11.7 Å². The Kier molecular flexibility index (Phi) is 3.49. The van der Waals surface area contributed by atoms with Gasteiger partial charge in [-0.15, -0.1) is 10.2 Å². The summed E-state index contributed by atoms with van der Waals surface area (Å²) in [5, 5.41) is 14.4. The number of morpholine rings is 1. The van der Waals surface area contributed by atoms with Crippen molar-refractivity contribution in [2.24, 2.45) is 0 Å². The zero-order chi connectivity index (χ0) is 16.7. The molecule has 1 unspecified atom stereocenters. The van der Waals surface area contributed by atoms with Crippen molar-refractivity contribution in [1.29, 1.82) is 0 Å². The Morgan fingerprint density at radius 3 is 3.08 bits per heavy atom. The van der Waals surface area contributed by atoms with Gasteiger partial charge in [0.25, 0.3) is 5.91 Å². The summed E-state index contributed by atoms with van der Waals surface area (Å²) in [5.74, 6) is -0.159. The summed E-state index contributed by atoms with van der Waals surface area (Å²) in [6, 6.07) is 4.80. The van der Waals surface area contributed by atoms with Crippen LogP contribution in [0, 0.1) is 12.7 Å². The number of nitrogens with zero attached hydrogens (tertiary/aromatic N) is 4. The maximum absolute atomic E-state index is 13.9. The van der Waals surface area contributed by atoms with Crippen LogP contribution in [0.1, 0.15) is 28.0 Å². The molecule has 1 amide bonds. The Morgan fingerprint density at radius 1 is 1.46 bits per heavy atom. The average Bonchev–Trinajstić information content (AvgIpc) is 3.24. The highest BCUT2D eigenvalue weighted by molar-refractivity contribution is 6.01. The van der Waals surface area contributed by atoms with Gasteiger partial charge in [-0.05, 0) is 18.6 Å². The van der Waals surface area contributed by atoms with Crippen molar-refractivity contribution in [2.75, 3.05) is 19.7 Å². The van der Waals surface area contributed by atoms with Gasteiger partial charge in [-0.25, -0.2) is 4.39 Å². The van der Waals surface area contributed by atoms with Crippen LogP contribution in [0.5, 0.6) is 0 Å². The van der Waals surface area contributed by atoms with E-state index in [1.165, 1.54) is 6.07 Å².